The van der Waals surface area contributed by atoms with Crippen molar-refractivity contribution in [3.63, 3.8) is 0 Å². The van der Waals surface area contributed by atoms with E-state index in [1.807, 2.05) is 37.3 Å². The zero-order valence-electron chi connectivity index (χ0n) is 16.3. The van der Waals surface area contributed by atoms with Crippen molar-refractivity contribution >= 4 is 27.7 Å². The van der Waals surface area contributed by atoms with Gasteiger partial charge in [-0.3, -0.25) is 9.59 Å². The summed E-state index contributed by atoms with van der Waals surface area (Å²) in [6, 6.07) is 14.6. The quantitative estimate of drug-likeness (QED) is 0.530. The van der Waals surface area contributed by atoms with Gasteiger partial charge in [0.05, 0.1) is 29.2 Å². The number of ether oxygens (including phenoxy) is 1. The fraction of sp³-hybridized carbons (Fsp3) is 0.227. The fourth-order valence-corrected chi connectivity index (χ4v) is 3.58. The molecule has 2 N–H and O–H groups in total. The van der Waals surface area contributed by atoms with E-state index in [9.17, 15) is 9.59 Å². The number of rotatable bonds is 6. The van der Waals surface area contributed by atoms with Crippen LogP contribution in [0.4, 0.5) is 0 Å². The second kappa shape index (κ2) is 7.89. The van der Waals surface area contributed by atoms with Gasteiger partial charge in [-0.05, 0) is 25.1 Å². The van der Waals surface area contributed by atoms with Crippen molar-refractivity contribution in [3.05, 3.63) is 76.5 Å². The van der Waals surface area contributed by atoms with Crippen LogP contribution in [0.2, 0.25) is 0 Å². The second-order valence-electron chi connectivity index (χ2n) is 6.88. The van der Waals surface area contributed by atoms with Crippen molar-refractivity contribution < 1.29 is 9.53 Å². The molecule has 0 unspecified atom stereocenters. The molecule has 0 aliphatic carbocycles. The van der Waals surface area contributed by atoms with E-state index < -0.39 is 0 Å². The molecule has 2 heterocycles. The highest BCUT2D eigenvalue weighted by atomic mass is 16.5. The molecule has 0 fully saturated rings. The lowest BCUT2D eigenvalue weighted by Crippen LogP contribution is -2.29. The van der Waals surface area contributed by atoms with Gasteiger partial charge in [-0.2, -0.15) is 0 Å². The number of aromatic nitrogens is 3. The molecule has 0 saturated heterocycles. The first-order valence-corrected chi connectivity index (χ1v) is 9.45. The largest absolute Gasteiger partial charge is 0.383 e. The van der Waals surface area contributed by atoms with E-state index in [2.05, 4.69) is 14.9 Å². The van der Waals surface area contributed by atoms with Gasteiger partial charge in [0, 0.05) is 30.6 Å². The molecule has 1 amide bonds. The van der Waals surface area contributed by atoms with Crippen LogP contribution in [0.3, 0.4) is 0 Å². The van der Waals surface area contributed by atoms with E-state index in [0.717, 1.165) is 16.9 Å². The molecule has 7 nitrogen and oxygen atoms in total. The third-order valence-corrected chi connectivity index (χ3v) is 4.99. The normalized spacial score (nSPS) is 12.3. The van der Waals surface area contributed by atoms with Crippen LogP contribution in [0.25, 0.3) is 21.8 Å². The molecule has 7 heteroatoms. The summed E-state index contributed by atoms with van der Waals surface area (Å²) in [6.45, 7) is 3.07. The van der Waals surface area contributed by atoms with Gasteiger partial charge >= 0.3 is 0 Å². The number of benzene rings is 2. The molecule has 4 aromatic rings. The Morgan fingerprint density at radius 2 is 1.90 bits per heavy atom. The Hall–Kier alpha value is -3.45. The smallest absolute Gasteiger partial charge is 0.255 e. The summed E-state index contributed by atoms with van der Waals surface area (Å²) in [6.07, 6.45) is 1.46. The molecule has 0 aliphatic heterocycles. The van der Waals surface area contributed by atoms with Crippen molar-refractivity contribution in [1.82, 2.24) is 19.9 Å². The number of hydrogen-bond acceptors (Lipinski definition) is 4. The van der Waals surface area contributed by atoms with Gasteiger partial charge in [-0.15, -0.1) is 0 Å². The van der Waals surface area contributed by atoms with Crippen molar-refractivity contribution in [2.75, 3.05) is 13.7 Å². The summed E-state index contributed by atoms with van der Waals surface area (Å²) in [5.74, 6) is 0.487. The van der Waals surface area contributed by atoms with Gasteiger partial charge < -0.3 is 19.6 Å². The minimum Gasteiger partial charge on any atom is -0.383 e. The predicted molar refractivity (Wildman–Crippen MR) is 112 cm³/mol. The van der Waals surface area contributed by atoms with Crippen LogP contribution in [0, 0.1) is 0 Å². The number of carbonyl (C=O) groups excluding carboxylic acids is 1. The minimum absolute atomic E-state index is 0.216. The molecule has 0 radical (unpaired) electrons. The van der Waals surface area contributed by atoms with Gasteiger partial charge in [0.1, 0.15) is 5.82 Å². The first kappa shape index (κ1) is 18.9. The number of carbonyl (C=O) groups is 1. The maximum atomic E-state index is 13.0. The van der Waals surface area contributed by atoms with E-state index in [-0.39, 0.29) is 17.5 Å². The standard InChI is InChI=1S/C22H22N4O3/c1-14(20-25-18-9-5-6-10-19(18)26(20)11-12-29-2)24-22(28)17-13-23-21(27)16-8-4-3-7-15(16)17/h3-10,13-14H,11-12H2,1-2H3,(H,23,27)(H,24,28)/t14-/m1/s1. The molecule has 29 heavy (non-hydrogen) atoms. The number of nitrogens with one attached hydrogen (secondary N) is 2. The van der Waals surface area contributed by atoms with E-state index in [1.54, 1.807) is 25.3 Å². The summed E-state index contributed by atoms with van der Waals surface area (Å²) >= 11 is 0. The van der Waals surface area contributed by atoms with Crippen molar-refractivity contribution in [2.45, 2.75) is 19.5 Å². The first-order chi connectivity index (χ1) is 14.1. The molecule has 1 atom stereocenters. The van der Waals surface area contributed by atoms with Crippen LogP contribution in [-0.4, -0.2) is 34.2 Å². The van der Waals surface area contributed by atoms with Crippen LogP contribution >= 0.6 is 0 Å². The Labute approximate surface area is 167 Å². The average molecular weight is 390 g/mol. The van der Waals surface area contributed by atoms with Gasteiger partial charge in [-0.25, -0.2) is 4.98 Å². The van der Waals surface area contributed by atoms with Crippen LogP contribution in [-0.2, 0) is 11.3 Å². The maximum absolute atomic E-state index is 13.0. The molecule has 0 saturated carbocycles. The summed E-state index contributed by atoms with van der Waals surface area (Å²) in [5.41, 5.74) is 2.07. The van der Waals surface area contributed by atoms with E-state index in [0.29, 0.717) is 29.5 Å². The van der Waals surface area contributed by atoms with Gasteiger partial charge in [0.25, 0.3) is 11.5 Å². The lowest BCUT2D eigenvalue weighted by molar-refractivity contribution is 0.0938. The Kier molecular flexibility index (Phi) is 5.14. The lowest BCUT2D eigenvalue weighted by Gasteiger charge is -2.17. The highest BCUT2D eigenvalue weighted by molar-refractivity contribution is 6.06. The van der Waals surface area contributed by atoms with Crippen LogP contribution in [0.15, 0.2) is 59.5 Å². The highest BCUT2D eigenvalue weighted by Crippen LogP contribution is 2.22. The number of amides is 1. The van der Waals surface area contributed by atoms with E-state index in [1.165, 1.54) is 6.20 Å². The molecule has 0 spiro atoms. The third kappa shape index (κ3) is 3.52. The number of aromatic amines is 1. The third-order valence-electron chi connectivity index (χ3n) is 4.99. The fourth-order valence-electron chi connectivity index (χ4n) is 3.58. The number of nitrogens with zero attached hydrogens (tertiary/aromatic N) is 2. The van der Waals surface area contributed by atoms with Crippen LogP contribution in [0.1, 0.15) is 29.1 Å². The number of fused-ring (bicyclic) bond motifs is 2. The zero-order valence-corrected chi connectivity index (χ0v) is 16.3. The topological polar surface area (TPSA) is 89.0 Å². The molecular weight excluding hydrogens is 368 g/mol. The molecule has 2 aromatic carbocycles. The predicted octanol–water partition coefficient (Wildman–Crippen LogP) is 3.02. The summed E-state index contributed by atoms with van der Waals surface area (Å²) < 4.78 is 7.30. The molecule has 0 aliphatic rings. The second-order valence-corrected chi connectivity index (χ2v) is 6.88. The van der Waals surface area contributed by atoms with Crippen molar-refractivity contribution in [3.8, 4) is 0 Å². The van der Waals surface area contributed by atoms with E-state index in [4.69, 9.17) is 9.72 Å². The number of hydrogen-bond donors (Lipinski definition) is 2. The Morgan fingerprint density at radius 3 is 2.69 bits per heavy atom. The molecule has 4 rings (SSSR count). The number of imidazole rings is 1. The lowest BCUT2D eigenvalue weighted by atomic mass is 10.1. The SMILES string of the molecule is COCCn1c([C@@H](C)NC(=O)c2c[nH]c(=O)c3ccccc23)nc2ccccc21. The van der Waals surface area contributed by atoms with Crippen molar-refractivity contribution in [1.29, 1.82) is 0 Å². The van der Waals surface area contributed by atoms with Gasteiger partial charge in [-0.1, -0.05) is 30.3 Å². The average Bonchev–Trinajstić information content (AvgIpc) is 3.11. The number of methoxy groups -OCH3 is 1. The number of H-pyrrole nitrogens is 1. The maximum Gasteiger partial charge on any atom is 0.255 e. The Bertz CT molecular complexity index is 1240. The van der Waals surface area contributed by atoms with Crippen LogP contribution < -0.4 is 10.9 Å². The highest BCUT2D eigenvalue weighted by Gasteiger charge is 2.20. The molecular formula is C22H22N4O3. The summed E-state index contributed by atoms with van der Waals surface area (Å²) in [7, 11) is 1.66. The summed E-state index contributed by atoms with van der Waals surface area (Å²) in [4.78, 5) is 32.4. The van der Waals surface area contributed by atoms with Gasteiger partial charge in [0.15, 0.2) is 0 Å². The van der Waals surface area contributed by atoms with Crippen LogP contribution in [0.5, 0.6) is 0 Å². The number of para-hydroxylation sites is 2. The van der Waals surface area contributed by atoms with Gasteiger partial charge in [0.2, 0.25) is 0 Å². The summed E-state index contributed by atoms with van der Waals surface area (Å²) in [5, 5.41) is 4.12. The first-order valence-electron chi connectivity index (χ1n) is 9.45. The molecule has 0 bridgehead atoms. The molecule has 148 valence electrons. The minimum atomic E-state index is -0.336. The van der Waals surface area contributed by atoms with E-state index >= 15 is 0 Å². The molecule has 2 aromatic heterocycles. The zero-order chi connectivity index (χ0) is 20.4. The Balaban J connectivity index is 1.68. The Morgan fingerprint density at radius 1 is 1.17 bits per heavy atom. The number of pyridine rings is 1. The van der Waals surface area contributed by atoms with Crippen molar-refractivity contribution in [2.24, 2.45) is 0 Å². The monoisotopic (exact) mass is 390 g/mol.